The highest BCUT2D eigenvalue weighted by Gasteiger charge is 2.38. The average Bonchev–Trinajstić information content (AvgIpc) is 2.82. The molecule has 0 saturated carbocycles. The second-order valence-corrected chi connectivity index (χ2v) is 6.04. The van der Waals surface area contributed by atoms with Crippen molar-refractivity contribution in [3.8, 4) is 0 Å². The van der Waals surface area contributed by atoms with Crippen molar-refractivity contribution in [1.82, 2.24) is 5.32 Å². The van der Waals surface area contributed by atoms with Gasteiger partial charge in [0.15, 0.2) is 0 Å². The van der Waals surface area contributed by atoms with Crippen LogP contribution in [0.3, 0.4) is 0 Å². The Bertz CT molecular complexity index is 642. The van der Waals surface area contributed by atoms with Gasteiger partial charge in [0.2, 0.25) is 0 Å². The Kier molecular flexibility index (Phi) is 3.94. The van der Waals surface area contributed by atoms with Crippen LogP contribution in [0.5, 0.6) is 0 Å². The molecule has 1 unspecified atom stereocenters. The van der Waals surface area contributed by atoms with Gasteiger partial charge in [-0.3, -0.25) is 0 Å². The zero-order valence-corrected chi connectivity index (χ0v) is 12.9. The highest BCUT2D eigenvalue weighted by atomic mass is 14.8. The number of hydrogen-bond acceptors (Lipinski definition) is 1. The smallest absolute Gasteiger partial charge is 0.0218 e. The Labute approximate surface area is 127 Å². The van der Waals surface area contributed by atoms with Crippen molar-refractivity contribution in [3.05, 3.63) is 77.4 Å². The first-order valence-corrected chi connectivity index (χ1v) is 7.75. The van der Waals surface area contributed by atoms with Gasteiger partial charge in [0.05, 0.1) is 0 Å². The van der Waals surface area contributed by atoms with Crippen LogP contribution >= 0.6 is 0 Å². The van der Waals surface area contributed by atoms with E-state index in [1.54, 1.807) is 0 Å². The number of allylic oxidation sites excluding steroid dienone is 1. The van der Waals surface area contributed by atoms with Crippen LogP contribution < -0.4 is 5.32 Å². The molecule has 1 N–H and O–H groups in total. The van der Waals surface area contributed by atoms with Crippen molar-refractivity contribution in [1.29, 1.82) is 0 Å². The lowest BCUT2D eigenvalue weighted by atomic mass is 9.76. The molecule has 2 aromatic carbocycles. The summed E-state index contributed by atoms with van der Waals surface area (Å²) in [5, 5.41) is 3.24. The number of rotatable bonds is 4. The van der Waals surface area contributed by atoms with Gasteiger partial charge in [-0.2, -0.15) is 0 Å². The lowest BCUT2D eigenvalue weighted by Crippen LogP contribution is -2.21. The molecule has 108 valence electrons. The monoisotopic (exact) mass is 277 g/mol. The molecule has 1 atom stereocenters. The molecule has 21 heavy (non-hydrogen) atoms. The Balaban J connectivity index is 2.06. The summed E-state index contributed by atoms with van der Waals surface area (Å²) >= 11 is 0. The first-order valence-electron chi connectivity index (χ1n) is 7.75. The van der Waals surface area contributed by atoms with Crippen molar-refractivity contribution in [2.24, 2.45) is 0 Å². The van der Waals surface area contributed by atoms with Gasteiger partial charge < -0.3 is 5.32 Å². The number of fused-ring (bicyclic) bond motifs is 1. The molecule has 1 aliphatic rings. The molecule has 1 aliphatic carbocycles. The number of hydrogen-bond donors (Lipinski definition) is 1. The molecule has 2 aromatic rings. The zero-order valence-electron chi connectivity index (χ0n) is 12.9. The fourth-order valence-electron chi connectivity index (χ4n) is 3.47. The Hall–Kier alpha value is -1.86. The van der Waals surface area contributed by atoms with Crippen molar-refractivity contribution in [2.75, 3.05) is 13.6 Å². The molecule has 1 nitrogen and oxygen atoms in total. The Morgan fingerprint density at radius 1 is 1.05 bits per heavy atom. The summed E-state index contributed by atoms with van der Waals surface area (Å²) in [5.74, 6) is 0. The third-order valence-electron chi connectivity index (χ3n) is 4.60. The van der Waals surface area contributed by atoms with E-state index in [-0.39, 0.29) is 5.41 Å². The standard InChI is InChI=1S/C20H23N/c1-20(17-10-4-3-5-11-17)15-16-9-6-7-12-18(16)19(20)13-8-14-21-2/h3-7,9-13,21H,8,14-15H2,1-2H3/b19-13-. The highest BCUT2D eigenvalue weighted by Crippen LogP contribution is 2.48. The summed E-state index contributed by atoms with van der Waals surface area (Å²) in [4.78, 5) is 0. The molecular formula is C20H23N. The van der Waals surface area contributed by atoms with Crippen molar-refractivity contribution in [3.63, 3.8) is 0 Å². The summed E-state index contributed by atoms with van der Waals surface area (Å²) < 4.78 is 0. The van der Waals surface area contributed by atoms with Crippen LogP contribution in [0.15, 0.2) is 60.7 Å². The van der Waals surface area contributed by atoms with Gasteiger partial charge in [-0.25, -0.2) is 0 Å². The second-order valence-electron chi connectivity index (χ2n) is 6.04. The minimum Gasteiger partial charge on any atom is -0.319 e. The quantitative estimate of drug-likeness (QED) is 0.826. The maximum Gasteiger partial charge on any atom is 0.0218 e. The normalized spacial score (nSPS) is 22.5. The average molecular weight is 277 g/mol. The molecule has 3 rings (SSSR count). The lowest BCUT2D eigenvalue weighted by molar-refractivity contribution is 0.635. The number of nitrogens with one attached hydrogen (secondary N) is 1. The van der Waals surface area contributed by atoms with Crippen molar-refractivity contribution >= 4 is 5.57 Å². The molecular weight excluding hydrogens is 254 g/mol. The minimum atomic E-state index is 0.0959. The molecule has 0 bridgehead atoms. The molecule has 0 aromatic heterocycles. The summed E-state index contributed by atoms with van der Waals surface area (Å²) in [7, 11) is 2.01. The number of benzene rings is 2. The maximum absolute atomic E-state index is 3.24. The van der Waals surface area contributed by atoms with E-state index in [9.17, 15) is 0 Å². The van der Waals surface area contributed by atoms with Crippen LogP contribution in [-0.4, -0.2) is 13.6 Å². The van der Waals surface area contributed by atoms with Crippen LogP contribution in [-0.2, 0) is 11.8 Å². The second kappa shape index (κ2) is 5.87. The fraction of sp³-hybridized carbons (Fsp3) is 0.300. The molecule has 0 spiro atoms. The Morgan fingerprint density at radius 2 is 1.76 bits per heavy atom. The van der Waals surface area contributed by atoms with Gasteiger partial charge in [-0.05, 0) is 48.7 Å². The molecule has 1 heteroatoms. The van der Waals surface area contributed by atoms with Crippen molar-refractivity contribution < 1.29 is 0 Å². The molecule has 0 heterocycles. The first kappa shape index (κ1) is 14.1. The molecule has 0 saturated heterocycles. The fourth-order valence-corrected chi connectivity index (χ4v) is 3.47. The van der Waals surface area contributed by atoms with Crippen LogP contribution in [0.2, 0.25) is 0 Å². The largest absolute Gasteiger partial charge is 0.319 e. The molecule has 0 fully saturated rings. The highest BCUT2D eigenvalue weighted by molar-refractivity contribution is 5.81. The van der Waals surface area contributed by atoms with E-state index >= 15 is 0 Å². The van der Waals surface area contributed by atoms with E-state index in [4.69, 9.17) is 0 Å². The van der Waals surface area contributed by atoms with Gasteiger partial charge in [0.1, 0.15) is 0 Å². The zero-order chi connectivity index (χ0) is 14.7. The van der Waals surface area contributed by atoms with Gasteiger partial charge in [0.25, 0.3) is 0 Å². The summed E-state index contributed by atoms with van der Waals surface area (Å²) in [6.07, 6.45) is 4.59. The van der Waals surface area contributed by atoms with Gasteiger partial charge in [-0.15, -0.1) is 0 Å². The van der Waals surface area contributed by atoms with E-state index in [1.807, 2.05) is 7.05 Å². The van der Waals surface area contributed by atoms with Gasteiger partial charge in [0, 0.05) is 5.41 Å². The van der Waals surface area contributed by atoms with E-state index in [2.05, 4.69) is 72.9 Å². The van der Waals surface area contributed by atoms with E-state index in [0.717, 1.165) is 19.4 Å². The predicted octanol–water partition coefficient (Wildman–Crippen LogP) is 4.19. The summed E-state index contributed by atoms with van der Waals surface area (Å²) in [6.45, 7) is 3.41. The third kappa shape index (κ3) is 2.54. The summed E-state index contributed by atoms with van der Waals surface area (Å²) in [5.41, 5.74) is 5.90. The van der Waals surface area contributed by atoms with Crippen LogP contribution in [0.25, 0.3) is 5.57 Å². The molecule has 0 radical (unpaired) electrons. The van der Waals surface area contributed by atoms with Crippen LogP contribution in [0, 0.1) is 0 Å². The van der Waals surface area contributed by atoms with Gasteiger partial charge in [-0.1, -0.05) is 67.6 Å². The first-order chi connectivity index (χ1) is 10.3. The van der Waals surface area contributed by atoms with Crippen molar-refractivity contribution in [2.45, 2.75) is 25.2 Å². The minimum absolute atomic E-state index is 0.0959. The van der Waals surface area contributed by atoms with E-state index in [1.165, 1.54) is 22.3 Å². The Morgan fingerprint density at radius 3 is 2.52 bits per heavy atom. The maximum atomic E-state index is 3.24. The molecule has 0 amide bonds. The van der Waals surface area contributed by atoms with Crippen LogP contribution in [0.4, 0.5) is 0 Å². The third-order valence-corrected chi connectivity index (χ3v) is 4.60. The van der Waals surface area contributed by atoms with E-state index in [0.29, 0.717) is 0 Å². The SMILES string of the molecule is CNCC/C=C1/c2ccccc2CC1(C)c1ccccc1. The van der Waals surface area contributed by atoms with Crippen LogP contribution in [0.1, 0.15) is 30.0 Å². The topological polar surface area (TPSA) is 12.0 Å². The van der Waals surface area contributed by atoms with E-state index < -0.39 is 0 Å². The summed E-state index contributed by atoms with van der Waals surface area (Å²) in [6, 6.07) is 19.8. The predicted molar refractivity (Wildman–Crippen MR) is 90.5 cm³/mol. The molecule has 0 aliphatic heterocycles. The van der Waals surface area contributed by atoms with Gasteiger partial charge >= 0.3 is 0 Å². The lowest BCUT2D eigenvalue weighted by Gasteiger charge is -2.27.